The van der Waals surface area contributed by atoms with E-state index in [1.807, 2.05) is 78.9 Å². The van der Waals surface area contributed by atoms with Gasteiger partial charge in [0, 0.05) is 6.54 Å². The highest BCUT2D eigenvalue weighted by atomic mass is 16.6. The summed E-state index contributed by atoms with van der Waals surface area (Å²) in [4.78, 5) is 44.9. The molecule has 1 aliphatic carbocycles. The van der Waals surface area contributed by atoms with Gasteiger partial charge in [0.05, 0.1) is 32.6 Å². The minimum absolute atomic E-state index is 0.0642. The molecule has 0 spiro atoms. The lowest BCUT2D eigenvalue weighted by atomic mass is 9.56. The number of hydrogen-bond acceptors (Lipinski definition) is 7. The second-order valence-corrected chi connectivity index (χ2v) is 14.1. The molecule has 0 unspecified atom stereocenters. The third-order valence-corrected chi connectivity index (χ3v) is 9.65. The van der Waals surface area contributed by atoms with E-state index in [0.717, 1.165) is 22.4 Å². The van der Waals surface area contributed by atoms with Crippen molar-refractivity contribution in [3.05, 3.63) is 102 Å². The summed E-state index contributed by atoms with van der Waals surface area (Å²) in [6.45, 7) is 9.17. The van der Waals surface area contributed by atoms with E-state index < -0.39 is 35.3 Å². The zero-order valence-corrected chi connectivity index (χ0v) is 30.0. The Morgan fingerprint density at radius 2 is 1.62 bits per heavy atom. The standard InChI is InChI=1S/C41H50N2O7/c1-27(2)23-31-13-10-14-35(49-25-28(3)4)37(31)42-38(44)41(39(45)48-6)34(21-17-29-15-19-33(47-5)20-16-29)32-18-22-36(41)43(24-32)40(46)50-26-30-11-8-7-9-12-30/h7-16,18-20,22,27-28,32,34,36H,17,21,23-26H2,1-6H3,(H,42,44)/t32-,34-,36-,41+/m1/s1. The van der Waals surface area contributed by atoms with Crippen LogP contribution in [0.1, 0.15) is 50.8 Å². The van der Waals surface area contributed by atoms with E-state index >= 15 is 4.79 Å². The first-order valence-corrected chi connectivity index (χ1v) is 17.5. The monoisotopic (exact) mass is 682 g/mol. The lowest BCUT2D eigenvalue weighted by Crippen LogP contribution is -2.70. The first-order chi connectivity index (χ1) is 24.1. The average Bonchev–Trinajstić information content (AvgIpc) is 3.12. The number of carbonyl (C=O) groups is 3. The fourth-order valence-electron chi connectivity index (χ4n) is 7.27. The van der Waals surface area contributed by atoms with Gasteiger partial charge in [-0.2, -0.15) is 0 Å². The third-order valence-electron chi connectivity index (χ3n) is 9.65. The van der Waals surface area contributed by atoms with E-state index in [1.54, 1.807) is 13.2 Å². The highest BCUT2D eigenvalue weighted by molar-refractivity contribution is 6.11. The van der Waals surface area contributed by atoms with Crippen molar-refractivity contribution in [1.82, 2.24) is 4.90 Å². The number of carbonyl (C=O) groups excluding carboxylic acids is 3. The van der Waals surface area contributed by atoms with Gasteiger partial charge >= 0.3 is 12.1 Å². The van der Waals surface area contributed by atoms with Gasteiger partial charge in [-0.05, 0) is 77.8 Å². The van der Waals surface area contributed by atoms with Crippen LogP contribution in [0.15, 0.2) is 84.9 Å². The number of anilines is 1. The summed E-state index contributed by atoms with van der Waals surface area (Å²) in [5.74, 6) is -0.188. The molecule has 50 heavy (non-hydrogen) atoms. The Bertz CT molecular complexity index is 1650. The van der Waals surface area contributed by atoms with Gasteiger partial charge in [-0.1, -0.05) is 94.4 Å². The number of piperidine rings is 1. The van der Waals surface area contributed by atoms with Crippen LogP contribution >= 0.6 is 0 Å². The van der Waals surface area contributed by atoms with Crippen LogP contribution in [-0.2, 0) is 38.5 Å². The summed E-state index contributed by atoms with van der Waals surface area (Å²) in [6, 6.07) is 22.0. The maximum absolute atomic E-state index is 15.2. The smallest absolute Gasteiger partial charge is 0.410 e. The molecule has 4 atom stereocenters. The number of ether oxygens (including phenoxy) is 4. The van der Waals surface area contributed by atoms with Gasteiger partial charge < -0.3 is 24.3 Å². The molecular weight excluding hydrogens is 632 g/mol. The van der Waals surface area contributed by atoms with Crippen LogP contribution in [0.3, 0.4) is 0 Å². The summed E-state index contributed by atoms with van der Waals surface area (Å²) < 4.78 is 22.9. The number of esters is 1. The van der Waals surface area contributed by atoms with Crippen molar-refractivity contribution < 1.29 is 33.3 Å². The second kappa shape index (κ2) is 16.3. The second-order valence-electron chi connectivity index (χ2n) is 14.1. The van der Waals surface area contributed by atoms with Crippen molar-refractivity contribution in [1.29, 1.82) is 0 Å². The normalized spacial score (nSPS) is 20.9. The average molecular weight is 683 g/mol. The van der Waals surface area contributed by atoms with Crippen LogP contribution in [0.2, 0.25) is 0 Å². The molecule has 3 aliphatic rings. The van der Waals surface area contributed by atoms with Crippen molar-refractivity contribution in [2.24, 2.45) is 29.1 Å². The van der Waals surface area contributed by atoms with Crippen molar-refractivity contribution in [3.8, 4) is 11.5 Å². The van der Waals surface area contributed by atoms with Crippen LogP contribution in [0.25, 0.3) is 0 Å². The van der Waals surface area contributed by atoms with E-state index in [2.05, 4.69) is 33.0 Å². The lowest BCUT2D eigenvalue weighted by Gasteiger charge is -2.55. The predicted molar refractivity (Wildman–Crippen MR) is 193 cm³/mol. The van der Waals surface area contributed by atoms with E-state index in [9.17, 15) is 9.59 Å². The van der Waals surface area contributed by atoms with Crippen molar-refractivity contribution in [2.45, 2.75) is 59.6 Å². The number of fused-ring (bicyclic) bond motifs is 2. The summed E-state index contributed by atoms with van der Waals surface area (Å²) in [5, 5.41) is 3.19. The molecule has 1 fully saturated rings. The van der Waals surface area contributed by atoms with Crippen LogP contribution < -0.4 is 14.8 Å². The van der Waals surface area contributed by atoms with Gasteiger partial charge in [0.1, 0.15) is 18.1 Å². The highest BCUT2D eigenvalue weighted by Gasteiger charge is 2.66. The first-order valence-electron chi connectivity index (χ1n) is 17.5. The Kier molecular flexibility index (Phi) is 11.9. The lowest BCUT2D eigenvalue weighted by molar-refractivity contribution is -0.173. The molecule has 0 saturated carbocycles. The number of benzene rings is 3. The van der Waals surface area contributed by atoms with Crippen molar-refractivity contribution in [2.75, 3.05) is 32.7 Å². The van der Waals surface area contributed by atoms with Crippen LogP contribution in [0.5, 0.6) is 11.5 Å². The highest BCUT2D eigenvalue weighted by Crippen LogP contribution is 2.52. The van der Waals surface area contributed by atoms with Gasteiger partial charge in [0.15, 0.2) is 5.41 Å². The minimum atomic E-state index is -1.77. The van der Waals surface area contributed by atoms with E-state index in [-0.39, 0.29) is 18.4 Å². The summed E-state index contributed by atoms with van der Waals surface area (Å²) >= 11 is 0. The van der Waals surface area contributed by atoms with Gasteiger partial charge in [-0.3, -0.25) is 14.5 Å². The fraction of sp³-hybridized carbons (Fsp3) is 0.439. The zero-order valence-electron chi connectivity index (χ0n) is 30.0. The van der Waals surface area contributed by atoms with Crippen LogP contribution in [0.4, 0.5) is 10.5 Å². The molecule has 2 heterocycles. The Balaban J connectivity index is 1.56. The topological polar surface area (TPSA) is 103 Å². The third kappa shape index (κ3) is 7.82. The van der Waals surface area contributed by atoms with Crippen molar-refractivity contribution in [3.63, 3.8) is 0 Å². The quantitative estimate of drug-likeness (QED) is 0.107. The van der Waals surface area contributed by atoms with Gasteiger partial charge in [-0.25, -0.2) is 4.79 Å². The Morgan fingerprint density at radius 1 is 0.880 bits per heavy atom. The summed E-state index contributed by atoms with van der Waals surface area (Å²) in [6.07, 6.45) is 5.02. The predicted octanol–water partition coefficient (Wildman–Crippen LogP) is 7.48. The zero-order chi connectivity index (χ0) is 35.8. The largest absolute Gasteiger partial charge is 0.497 e. The number of nitrogens with zero attached hydrogens (tertiary/aromatic N) is 1. The molecule has 1 N–H and O–H groups in total. The molecule has 3 aromatic carbocycles. The number of methoxy groups -OCH3 is 2. The maximum atomic E-state index is 15.2. The number of hydrogen-bond donors (Lipinski definition) is 1. The number of nitrogens with one attached hydrogen (secondary N) is 1. The van der Waals surface area contributed by atoms with E-state index in [4.69, 9.17) is 18.9 Å². The summed E-state index contributed by atoms with van der Waals surface area (Å²) in [7, 11) is 2.92. The first kappa shape index (κ1) is 36.5. The number of aryl methyl sites for hydroxylation is 1. The van der Waals surface area contributed by atoms with E-state index in [0.29, 0.717) is 49.8 Å². The maximum Gasteiger partial charge on any atom is 0.410 e. The Hall–Kier alpha value is -4.79. The molecule has 0 radical (unpaired) electrons. The molecule has 1 saturated heterocycles. The van der Waals surface area contributed by atoms with Crippen molar-refractivity contribution >= 4 is 23.7 Å². The van der Waals surface area contributed by atoms with Gasteiger partial charge in [-0.15, -0.1) is 0 Å². The Morgan fingerprint density at radius 3 is 2.28 bits per heavy atom. The van der Waals surface area contributed by atoms with Crippen LogP contribution in [-0.4, -0.2) is 56.3 Å². The molecule has 3 aromatic rings. The molecule has 2 aliphatic heterocycles. The molecule has 2 amide bonds. The molecule has 2 bridgehead atoms. The molecular formula is C41H50N2O7. The summed E-state index contributed by atoms with van der Waals surface area (Å²) in [5.41, 5.74) is 1.54. The SMILES string of the molecule is COC(=O)[C@@]1(C(=O)Nc2c(CC(C)C)cccc2OCC(C)C)[C@H](CCc2ccc(OC)cc2)[C@@H]2C=C[C@H]1N(C(=O)OCc1ccccc1)C2. The number of amides is 2. The van der Waals surface area contributed by atoms with E-state index in [1.165, 1.54) is 12.0 Å². The van der Waals surface area contributed by atoms with Gasteiger partial charge in [0.2, 0.25) is 5.91 Å². The van der Waals surface area contributed by atoms with Gasteiger partial charge in [0.25, 0.3) is 0 Å². The Labute approximate surface area is 295 Å². The molecule has 9 heteroatoms. The fourth-order valence-corrected chi connectivity index (χ4v) is 7.27. The molecule has 0 aromatic heterocycles. The van der Waals surface area contributed by atoms with Crippen LogP contribution in [0, 0.1) is 29.1 Å². The number of rotatable bonds is 14. The number of para-hydroxylation sites is 1. The molecule has 6 rings (SSSR count). The molecule has 266 valence electrons. The molecule has 9 nitrogen and oxygen atoms in total. The minimum Gasteiger partial charge on any atom is -0.497 e.